The molecule has 3 aliphatic heterocycles. The molecule has 1 atom stereocenters. The average molecular weight is 322 g/mol. The number of aryl methyl sites for hydroxylation is 1. The highest BCUT2D eigenvalue weighted by Crippen LogP contribution is 2.44. The van der Waals surface area contributed by atoms with Gasteiger partial charge in [0.25, 0.3) is 0 Å². The maximum atomic E-state index is 11.7. The third-order valence-corrected chi connectivity index (χ3v) is 6.12. The molecule has 0 aliphatic carbocycles. The van der Waals surface area contributed by atoms with Gasteiger partial charge in [-0.05, 0) is 32.1 Å². The molecular weight excluding hydrogens is 300 g/mol. The van der Waals surface area contributed by atoms with Gasteiger partial charge in [-0.3, -0.25) is 4.79 Å². The molecule has 3 saturated heterocycles. The molecule has 0 N–H and O–H groups in total. The van der Waals surface area contributed by atoms with Crippen molar-refractivity contribution in [1.29, 1.82) is 0 Å². The zero-order valence-electron chi connectivity index (χ0n) is 13.0. The van der Waals surface area contributed by atoms with Gasteiger partial charge in [-0.2, -0.15) is 0 Å². The number of rotatable bonds is 4. The number of anilines is 1. The van der Waals surface area contributed by atoms with Gasteiger partial charge in [0.1, 0.15) is 10.6 Å². The third kappa shape index (κ3) is 2.40. The Labute approximate surface area is 134 Å². The molecule has 3 fully saturated rings. The van der Waals surface area contributed by atoms with Crippen LogP contribution in [0.1, 0.15) is 30.7 Å². The summed E-state index contributed by atoms with van der Waals surface area (Å²) in [5, 5.41) is 10.3. The maximum Gasteiger partial charge on any atom is 0.222 e. The van der Waals surface area contributed by atoms with Crippen molar-refractivity contribution in [2.24, 2.45) is 5.92 Å². The third-order valence-electron chi connectivity index (χ3n) is 5.22. The van der Waals surface area contributed by atoms with E-state index in [1.54, 1.807) is 11.3 Å². The molecule has 1 amide bonds. The lowest BCUT2D eigenvalue weighted by Crippen LogP contribution is -2.65. The van der Waals surface area contributed by atoms with Crippen LogP contribution in [0, 0.1) is 12.8 Å². The number of carbonyl (C=O) groups is 1. The second-order valence-electron chi connectivity index (χ2n) is 6.63. The molecule has 0 radical (unpaired) electrons. The zero-order valence-corrected chi connectivity index (χ0v) is 13.8. The summed E-state index contributed by atoms with van der Waals surface area (Å²) in [5.41, 5.74) is -0.0116. The predicted octanol–water partition coefficient (Wildman–Crippen LogP) is 1.45. The molecule has 1 aromatic heterocycles. The molecule has 0 bridgehead atoms. The van der Waals surface area contributed by atoms with E-state index in [9.17, 15) is 4.79 Å². The predicted molar refractivity (Wildman–Crippen MR) is 84.1 cm³/mol. The number of aromatic nitrogens is 2. The summed E-state index contributed by atoms with van der Waals surface area (Å²) in [4.78, 5) is 16.0. The topological polar surface area (TPSA) is 58.6 Å². The SMILES string of the molecule is Cc1nnc(N2CC3(C2)OCCC3CCN2CCCC2=O)s1. The Hall–Kier alpha value is -1.21. The van der Waals surface area contributed by atoms with E-state index < -0.39 is 0 Å². The highest BCUT2D eigenvalue weighted by molar-refractivity contribution is 7.15. The number of hydrogen-bond acceptors (Lipinski definition) is 6. The van der Waals surface area contributed by atoms with E-state index in [0.717, 1.165) is 68.6 Å². The summed E-state index contributed by atoms with van der Waals surface area (Å²) in [6, 6.07) is 0. The number of carbonyl (C=O) groups excluding carboxylic acids is 1. The van der Waals surface area contributed by atoms with E-state index in [-0.39, 0.29) is 5.60 Å². The normalized spacial score (nSPS) is 27.0. The number of amides is 1. The van der Waals surface area contributed by atoms with Crippen LogP contribution in [0.2, 0.25) is 0 Å². The fourth-order valence-electron chi connectivity index (χ4n) is 3.94. The van der Waals surface area contributed by atoms with Crippen LogP contribution in [0.25, 0.3) is 0 Å². The first kappa shape index (κ1) is 14.4. The summed E-state index contributed by atoms with van der Waals surface area (Å²) >= 11 is 1.64. The standard InChI is InChI=1S/C15H22N4O2S/c1-11-16-17-14(22-11)19-9-15(10-19)12(5-8-21-15)4-7-18-6-2-3-13(18)20/h12H,2-10H2,1H3. The largest absolute Gasteiger partial charge is 0.371 e. The number of ether oxygens (including phenoxy) is 1. The highest BCUT2D eigenvalue weighted by Gasteiger charge is 2.53. The average Bonchev–Trinajstić information content (AvgIpc) is 3.14. The van der Waals surface area contributed by atoms with Crippen molar-refractivity contribution in [3.8, 4) is 0 Å². The maximum absolute atomic E-state index is 11.7. The Morgan fingerprint density at radius 3 is 2.95 bits per heavy atom. The summed E-state index contributed by atoms with van der Waals surface area (Å²) in [6.07, 6.45) is 3.94. The molecule has 1 unspecified atom stereocenters. The molecule has 4 rings (SSSR count). The minimum Gasteiger partial charge on any atom is -0.371 e. The molecule has 7 heteroatoms. The summed E-state index contributed by atoms with van der Waals surface area (Å²) in [7, 11) is 0. The molecule has 1 spiro atoms. The van der Waals surface area contributed by atoms with E-state index in [1.165, 1.54) is 0 Å². The Morgan fingerprint density at radius 1 is 1.41 bits per heavy atom. The van der Waals surface area contributed by atoms with Crippen LogP contribution in [-0.4, -0.2) is 59.4 Å². The van der Waals surface area contributed by atoms with Gasteiger partial charge < -0.3 is 14.5 Å². The summed E-state index contributed by atoms with van der Waals surface area (Å²) in [6.45, 7) is 6.50. The van der Waals surface area contributed by atoms with Crippen LogP contribution in [0.3, 0.4) is 0 Å². The first-order valence-corrected chi connectivity index (χ1v) is 8.95. The Kier molecular flexibility index (Phi) is 3.57. The lowest BCUT2D eigenvalue weighted by Gasteiger charge is -2.50. The first-order chi connectivity index (χ1) is 10.7. The van der Waals surface area contributed by atoms with Gasteiger partial charge in [-0.25, -0.2) is 0 Å². The van der Waals surface area contributed by atoms with Crippen LogP contribution < -0.4 is 4.90 Å². The van der Waals surface area contributed by atoms with Crippen molar-refractivity contribution < 1.29 is 9.53 Å². The summed E-state index contributed by atoms with van der Waals surface area (Å²) < 4.78 is 6.10. The molecule has 0 aromatic carbocycles. The van der Waals surface area contributed by atoms with Crippen LogP contribution in [0.5, 0.6) is 0 Å². The van der Waals surface area contributed by atoms with Gasteiger partial charge in [0.15, 0.2) is 0 Å². The number of hydrogen-bond donors (Lipinski definition) is 0. The lowest BCUT2D eigenvalue weighted by molar-refractivity contribution is -0.128. The number of likely N-dealkylation sites (tertiary alicyclic amines) is 1. The Bertz CT molecular complexity index is 570. The summed E-state index contributed by atoms with van der Waals surface area (Å²) in [5.74, 6) is 0.888. The van der Waals surface area contributed by atoms with E-state index in [2.05, 4.69) is 15.1 Å². The van der Waals surface area contributed by atoms with Gasteiger partial charge >= 0.3 is 0 Å². The molecule has 120 valence electrons. The number of nitrogens with zero attached hydrogens (tertiary/aromatic N) is 4. The fraction of sp³-hybridized carbons (Fsp3) is 0.800. The molecular formula is C15H22N4O2S. The quantitative estimate of drug-likeness (QED) is 0.840. The molecule has 6 nitrogen and oxygen atoms in total. The second kappa shape index (κ2) is 5.45. The van der Waals surface area contributed by atoms with E-state index >= 15 is 0 Å². The molecule has 1 aromatic rings. The van der Waals surface area contributed by atoms with Gasteiger partial charge in [0.05, 0.1) is 13.1 Å². The lowest BCUT2D eigenvalue weighted by atomic mass is 9.79. The molecule has 0 saturated carbocycles. The van der Waals surface area contributed by atoms with Gasteiger partial charge in [-0.15, -0.1) is 10.2 Å². The van der Waals surface area contributed by atoms with Crippen molar-refractivity contribution in [3.63, 3.8) is 0 Å². The highest BCUT2D eigenvalue weighted by atomic mass is 32.1. The molecule has 3 aliphatic rings. The van der Waals surface area contributed by atoms with E-state index in [4.69, 9.17) is 4.74 Å². The van der Waals surface area contributed by atoms with Gasteiger partial charge in [0.2, 0.25) is 11.0 Å². The molecule has 22 heavy (non-hydrogen) atoms. The van der Waals surface area contributed by atoms with Gasteiger partial charge in [-0.1, -0.05) is 11.3 Å². The fourth-order valence-corrected chi connectivity index (χ4v) is 4.63. The molecule has 4 heterocycles. The van der Waals surface area contributed by atoms with Gasteiger partial charge in [0, 0.05) is 26.1 Å². The zero-order chi connectivity index (χ0) is 15.2. The Morgan fingerprint density at radius 2 is 2.27 bits per heavy atom. The minimum absolute atomic E-state index is 0.0116. The smallest absolute Gasteiger partial charge is 0.222 e. The van der Waals surface area contributed by atoms with Crippen LogP contribution in [0.4, 0.5) is 5.13 Å². The second-order valence-corrected chi connectivity index (χ2v) is 7.79. The van der Waals surface area contributed by atoms with Crippen LogP contribution in [0.15, 0.2) is 0 Å². The van der Waals surface area contributed by atoms with Crippen molar-refractivity contribution >= 4 is 22.4 Å². The first-order valence-electron chi connectivity index (χ1n) is 8.13. The monoisotopic (exact) mass is 322 g/mol. The van der Waals surface area contributed by atoms with Crippen molar-refractivity contribution in [2.45, 2.75) is 38.2 Å². The van der Waals surface area contributed by atoms with Crippen LogP contribution >= 0.6 is 11.3 Å². The van der Waals surface area contributed by atoms with Crippen LogP contribution in [-0.2, 0) is 9.53 Å². The van der Waals surface area contributed by atoms with Crippen molar-refractivity contribution in [2.75, 3.05) is 37.7 Å². The van der Waals surface area contributed by atoms with E-state index in [0.29, 0.717) is 11.8 Å². The van der Waals surface area contributed by atoms with E-state index in [1.807, 2.05) is 11.8 Å². The van der Waals surface area contributed by atoms with Crippen molar-refractivity contribution in [1.82, 2.24) is 15.1 Å². The minimum atomic E-state index is -0.0116. The van der Waals surface area contributed by atoms with Crippen molar-refractivity contribution in [3.05, 3.63) is 5.01 Å². The Balaban J connectivity index is 1.35.